The van der Waals surface area contributed by atoms with E-state index in [9.17, 15) is 4.79 Å². The number of ketones is 1. The molecular weight excluding hydrogens is 228 g/mol. The molecule has 1 aromatic rings. The van der Waals surface area contributed by atoms with Gasteiger partial charge in [-0.05, 0) is 12.6 Å². The van der Waals surface area contributed by atoms with Gasteiger partial charge in [0.25, 0.3) is 0 Å². The molecule has 0 unspecified atom stereocenters. The minimum atomic E-state index is 0.154. The van der Waals surface area contributed by atoms with Gasteiger partial charge in [0.1, 0.15) is 0 Å². The molecule has 1 aliphatic rings. The Kier molecular flexibility index (Phi) is 4.87. The van der Waals surface area contributed by atoms with Gasteiger partial charge in [-0.1, -0.05) is 24.3 Å². The Morgan fingerprint density at radius 1 is 1.33 bits per heavy atom. The van der Waals surface area contributed by atoms with E-state index in [0.717, 1.165) is 44.0 Å². The van der Waals surface area contributed by atoms with Crippen LogP contribution >= 0.6 is 0 Å². The molecule has 0 aliphatic carbocycles. The van der Waals surface area contributed by atoms with Gasteiger partial charge in [0.05, 0.1) is 19.8 Å². The van der Waals surface area contributed by atoms with E-state index in [2.05, 4.69) is 10.2 Å². The van der Waals surface area contributed by atoms with E-state index in [0.29, 0.717) is 6.54 Å². The van der Waals surface area contributed by atoms with E-state index in [-0.39, 0.29) is 5.78 Å². The minimum Gasteiger partial charge on any atom is -0.379 e. The lowest BCUT2D eigenvalue weighted by atomic mass is 10.0. The molecule has 1 saturated heterocycles. The number of carbonyl (C=O) groups excluding carboxylic acids is 1. The van der Waals surface area contributed by atoms with Crippen molar-refractivity contribution < 1.29 is 9.53 Å². The van der Waals surface area contributed by atoms with Crippen LogP contribution in [0, 0.1) is 0 Å². The number of benzene rings is 1. The van der Waals surface area contributed by atoms with Crippen LogP contribution < -0.4 is 5.32 Å². The summed E-state index contributed by atoms with van der Waals surface area (Å²) in [5.41, 5.74) is 1.94. The molecule has 4 heteroatoms. The normalized spacial score (nSPS) is 16.7. The van der Waals surface area contributed by atoms with Crippen LogP contribution in [0.5, 0.6) is 0 Å². The van der Waals surface area contributed by atoms with Crippen LogP contribution in [-0.2, 0) is 11.3 Å². The second kappa shape index (κ2) is 6.64. The van der Waals surface area contributed by atoms with Gasteiger partial charge < -0.3 is 10.1 Å². The maximum atomic E-state index is 12.0. The van der Waals surface area contributed by atoms with E-state index >= 15 is 0 Å². The summed E-state index contributed by atoms with van der Waals surface area (Å²) in [6.45, 7) is 4.66. The fourth-order valence-corrected chi connectivity index (χ4v) is 2.19. The molecule has 1 fully saturated rings. The minimum absolute atomic E-state index is 0.154. The number of rotatable bonds is 5. The quantitative estimate of drug-likeness (QED) is 0.787. The smallest absolute Gasteiger partial charge is 0.176 e. The van der Waals surface area contributed by atoms with Gasteiger partial charge in [-0.15, -0.1) is 0 Å². The average Bonchev–Trinajstić information content (AvgIpc) is 2.41. The molecule has 0 saturated carbocycles. The van der Waals surface area contributed by atoms with Crippen LogP contribution in [-0.4, -0.2) is 50.6 Å². The predicted molar refractivity (Wildman–Crippen MR) is 70.8 cm³/mol. The molecule has 0 aromatic heterocycles. The van der Waals surface area contributed by atoms with Gasteiger partial charge in [0, 0.05) is 25.2 Å². The lowest BCUT2D eigenvalue weighted by molar-refractivity contribution is 0.0341. The van der Waals surface area contributed by atoms with Crippen molar-refractivity contribution in [1.29, 1.82) is 0 Å². The highest BCUT2D eigenvalue weighted by Crippen LogP contribution is 2.13. The van der Waals surface area contributed by atoms with Crippen LogP contribution in [0.1, 0.15) is 15.9 Å². The van der Waals surface area contributed by atoms with E-state index in [1.165, 1.54) is 0 Å². The first-order valence-electron chi connectivity index (χ1n) is 6.37. The van der Waals surface area contributed by atoms with Crippen LogP contribution in [0.3, 0.4) is 0 Å². The average molecular weight is 248 g/mol. The summed E-state index contributed by atoms with van der Waals surface area (Å²) in [6.07, 6.45) is 0. The zero-order valence-electron chi connectivity index (χ0n) is 10.8. The maximum absolute atomic E-state index is 12.0. The molecule has 4 nitrogen and oxygen atoms in total. The van der Waals surface area contributed by atoms with Crippen molar-refractivity contribution in [1.82, 2.24) is 10.2 Å². The number of carbonyl (C=O) groups is 1. The lowest BCUT2D eigenvalue weighted by Gasteiger charge is -2.27. The largest absolute Gasteiger partial charge is 0.379 e. The summed E-state index contributed by atoms with van der Waals surface area (Å²) in [5.74, 6) is 0.154. The number of ether oxygens (including phenoxy) is 1. The lowest BCUT2D eigenvalue weighted by Crippen LogP contribution is -2.36. The molecular formula is C14H20N2O2. The molecule has 0 radical (unpaired) electrons. The summed E-state index contributed by atoms with van der Waals surface area (Å²) in [5, 5.41) is 2.91. The van der Waals surface area contributed by atoms with Crippen molar-refractivity contribution >= 4 is 5.78 Å². The molecule has 0 spiro atoms. The zero-order chi connectivity index (χ0) is 12.8. The fraction of sp³-hybridized carbons (Fsp3) is 0.500. The second-order valence-electron chi connectivity index (χ2n) is 4.50. The molecule has 1 heterocycles. The molecule has 0 amide bonds. The molecule has 1 aliphatic heterocycles. The number of likely N-dealkylation sites (N-methyl/N-ethyl adjacent to an activating group) is 1. The van der Waals surface area contributed by atoms with Gasteiger partial charge in [-0.25, -0.2) is 0 Å². The first-order valence-corrected chi connectivity index (χ1v) is 6.37. The van der Waals surface area contributed by atoms with Crippen molar-refractivity contribution in [2.24, 2.45) is 0 Å². The van der Waals surface area contributed by atoms with E-state index < -0.39 is 0 Å². The Bertz CT molecular complexity index is 401. The number of nitrogens with one attached hydrogen (secondary N) is 1. The third kappa shape index (κ3) is 3.38. The number of hydrogen-bond acceptors (Lipinski definition) is 4. The van der Waals surface area contributed by atoms with Gasteiger partial charge >= 0.3 is 0 Å². The Morgan fingerprint density at radius 2 is 2.06 bits per heavy atom. The predicted octanol–water partition coefficient (Wildman–Crippen LogP) is 0.921. The molecule has 2 rings (SSSR count). The molecule has 1 N–H and O–H groups in total. The Morgan fingerprint density at radius 3 is 2.78 bits per heavy atom. The topological polar surface area (TPSA) is 41.6 Å². The summed E-state index contributed by atoms with van der Waals surface area (Å²) in [6, 6.07) is 7.87. The number of Topliss-reactive ketones (excluding diaryl/α,β-unsaturated/α-hetero) is 1. The van der Waals surface area contributed by atoms with Crippen LogP contribution in [0.25, 0.3) is 0 Å². The van der Waals surface area contributed by atoms with E-state index in [4.69, 9.17) is 4.74 Å². The van der Waals surface area contributed by atoms with Crippen LogP contribution in [0.15, 0.2) is 24.3 Å². The molecule has 98 valence electrons. The highest BCUT2D eigenvalue weighted by molar-refractivity contribution is 5.98. The Labute approximate surface area is 108 Å². The monoisotopic (exact) mass is 248 g/mol. The van der Waals surface area contributed by atoms with Gasteiger partial charge in [0.2, 0.25) is 0 Å². The molecule has 0 bridgehead atoms. The molecule has 0 atom stereocenters. The number of hydrogen-bond donors (Lipinski definition) is 1. The van der Waals surface area contributed by atoms with E-state index in [1.807, 2.05) is 24.3 Å². The third-order valence-electron chi connectivity index (χ3n) is 3.15. The van der Waals surface area contributed by atoms with Gasteiger partial charge in [0.15, 0.2) is 5.78 Å². The zero-order valence-corrected chi connectivity index (χ0v) is 10.8. The highest BCUT2D eigenvalue weighted by atomic mass is 16.5. The first kappa shape index (κ1) is 13.2. The molecule has 1 aromatic carbocycles. The van der Waals surface area contributed by atoms with Crippen molar-refractivity contribution in [3.63, 3.8) is 0 Å². The van der Waals surface area contributed by atoms with Gasteiger partial charge in [-0.3, -0.25) is 9.69 Å². The summed E-state index contributed by atoms with van der Waals surface area (Å²) in [7, 11) is 1.79. The second-order valence-corrected chi connectivity index (χ2v) is 4.50. The van der Waals surface area contributed by atoms with Crippen LogP contribution in [0.4, 0.5) is 0 Å². The van der Waals surface area contributed by atoms with Crippen molar-refractivity contribution in [3.8, 4) is 0 Å². The summed E-state index contributed by atoms with van der Waals surface area (Å²) >= 11 is 0. The summed E-state index contributed by atoms with van der Waals surface area (Å²) in [4.78, 5) is 14.3. The van der Waals surface area contributed by atoms with Crippen LogP contribution in [0.2, 0.25) is 0 Å². The van der Waals surface area contributed by atoms with Crippen molar-refractivity contribution in [3.05, 3.63) is 35.4 Å². The summed E-state index contributed by atoms with van der Waals surface area (Å²) < 4.78 is 5.34. The highest BCUT2D eigenvalue weighted by Gasteiger charge is 2.15. The Balaban J connectivity index is 2.08. The Hall–Kier alpha value is -1.23. The van der Waals surface area contributed by atoms with Crippen molar-refractivity contribution in [2.75, 3.05) is 39.9 Å². The fourth-order valence-electron chi connectivity index (χ4n) is 2.19. The third-order valence-corrected chi connectivity index (χ3v) is 3.15. The van der Waals surface area contributed by atoms with Gasteiger partial charge in [-0.2, -0.15) is 0 Å². The standard InChI is InChI=1S/C14H20N2O2/c1-15-10-14(17)13-5-3-2-4-12(13)11-16-6-8-18-9-7-16/h2-5,15H,6-11H2,1H3. The van der Waals surface area contributed by atoms with E-state index in [1.54, 1.807) is 7.05 Å². The SMILES string of the molecule is CNCC(=O)c1ccccc1CN1CCOCC1. The molecule has 18 heavy (non-hydrogen) atoms. The first-order chi connectivity index (χ1) is 8.81. The maximum Gasteiger partial charge on any atom is 0.176 e. The number of morpholine rings is 1. The number of nitrogens with zero attached hydrogens (tertiary/aromatic N) is 1. The van der Waals surface area contributed by atoms with Crippen molar-refractivity contribution in [2.45, 2.75) is 6.54 Å².